The summed E-state index contributed by atoms with van der Waals surface area (Å²) in [4.78, 5) is 22.7. The van der Waals surface area contributed by atoms with E-state index in [-0.39, 0.29) is 11.5 Å². The van der Waals surface area contributed by atoms with Crippen molar-refractivity contribution in [2.45, 2.75) is 46.0 Å². The Bertz CT molecular complexity index is 455. The molecule has 0 aliphatic heterocycles. The van der Waals surface area contributed by atoms with Crippen LogP contribution < -0.4 is 5.32 Å². The van der Waals surface area contributed by atoms with Crippen LogP contribution in [-0.2, 0) is 4.79 Å². The quantitative estimate of drug-likeness (QED) is 0.738. The van der Waals surface area contributed by atoms with Gasteiger partial charge in [-0.2, -0.15) is 0 Å². The number of hydrogen-bond donors (Lipinski definition) is 2. The zero-order valence-electron chi connectivity index (χ0n) is 11.5. The Morgan fingerprint density at radius 3 is 2.58 bits per heavy atom. The number of unbranched alkanes of at least 4 members (excludes halogenated alkanes) is 3. The minimum atomic E-state index is -0.975. The molecule has 0 saturated carbocycles. The molecule has 0 bridgehead atoms. The minimum Gasteiger partial charge on any atom is -0.478 e. The van der Waals surface area contributed by atoms with Crippen molar-refractivity contribution in [3.05, 3.63) is 29.3 Å². The number of carbonyl (C=O) groups is 2. The van der Waals surface area contributed by atoms with Crippen LogP contribution in [0.3, 0.4) is 0 Å². The van der Waals surface area contributed by atoms with Crippen LogP contribution in [0.2, 0.25) is 0 Å². The molecular formula is C15H21NO3. The molecule has 19 heavy (non-hydrogen) atoms. The molecule has 1 aromatic carbocycles. The first-order valence-corrected chi connectivity index (χ1v) is 6.68. The summed E-state index contributed by atoms with van der Waals surface area (Å²) in [7, 11) is 0. The number of anilines is 1. The van der Waals surface area contributed by atoms with Gasteiger partial charge in [0.05, 0.1) is 5.56 Å². The number of benzene rings is 1. The molecular weight excluding hydrogens is 242 g/mol. The maximum absolute atomic E-state index is 11.7. The normalized spacial score (nSPS) is 10.2. The SMILES string of the molecule is CCCCCCC(=O)Nc1ccc(C)c(C(=O)O)c1. The van der Waals surface area contributed by atoms with Crippen LogP contribution in [0.4, 0.5) is 5.69 Å². The summed E-state index contributed by atoms with van der Waals surface area (Å²) in [6.07, 6.45) is 4.69. The van der Waals surface area contributed by atoms with Crippen LogP contribution in [0, 0.1) is 6.92 Å². The summed E-state index contributed by atoms with van der Waals surface area (Å²) in [5.74, 6) is -1.03. The molecule has 1 amide bonds. The Hall–Kier alpha value is -1.84. The third kappa shape index (κ3) is 5.12. The first kappa shape index (κ1) is 15.2. The largest absolute Gasteiger partial charge is 0.478 e. The van der Waals surface area contributed by atoms with Crippen LogP contribution in [0.25, 0.3) is 0 Å². The molecule has 1 aromatic rings. The molecule has 0 aromatic heterocycles. The summed E-state index contributed by atoms with van der Waals surface area (Å²) in [6, 6.07) is 4.93. The molecule has 1 rings (SSSR count). The third-order valence-electron chi connectivity index (χ3n) is 3.01. The number of hydrogen-bond acceptors (Lipinski definition) is 2. The zero-order chi connectivity index (χ0) is 14.3. The van der Waals surface area contributed by atoms with E-state index in [1.54, 1.807) is 19.1 Å². The van der Waals surface area contributed by atoms with Crippen molar-refractivity contribution >= 4 is 17.6 Å². The number of carboxylic acids is 1. The number of carbonyl (C=O) groups excluding carboxylic acids is 1. The van der Waals surface area contributed by atoms with E-state index in [9.17, 15) is 9.59 Å². The lowest BCUT2D eigenvalue weighted by molar-refractivity contribution is -0.116. The Labute approximate surface area is 113 Å². The maximum Gasteiger partial charge on any atom is 0.336 e. The van der Waals surface area contributed by atoms with E-state index in [1.165, 1.54) is 6.07 Å². The van der Waals surface area contributed by atoms with Gasteiger partial charge < -0.3 is 10.4 Å². The molecule has 4 heteroatoms. The second-order valence-corrected chi connectivity index (χ2v) is 4.69. The first-order valence-electron chi connectivity index (χ1n) is 6.68. The molecule has 0 atom stereocenters. The lowest BCUT2D eigenvalue weighted by Crippen LogP contribution is -2.12. The lowest BCUT2D eigenvalue weighted by Gasteiger charge is -2.07. The summed E-state index contributed by atoms with van der Waals surface area (Å²) in [6.45, 7) is 3.86. The zero-order valence-corrected chi connectivity index (χ0v) is 11.5. The van der Waals surface area contributed by atoms with Crippen LogP contribution >= 0.6 is 0 Å². The van der Waals surface area contributed by atoms with E-state index in [1.807, 2.05) is 0 Å². The Balaban J connectivity index is 2.55. The predicted octanol–water partition coefficient (Wildman–Crippen LogP) is 3.60. The highest BCUT2D eigenvalue weighted by Crippen LogP contribution is 2.16. The fourth-order valence-corrected chi connectivity index (χ4v) is 1.87. The average Bonchev–Trinajstić information content (AvgIpc) is 2.36. The number of aryl methyl sites for hydroxylation is 1. The van der Waals surface area contributed by atoms with E-state index < -0.39 is 5.97 Å². The van der Waals surface area contributed by atoms with Crippen molar-refractivity contribution < 1.29 is 14.7 Å². The molecule has 0 heterocycles. The monoisotopic (exact) mass is 263 g/mol. The van der Waals surface area contributed by atoms with Crippen molar-refractivity contribution in [1.29, 1.82) is 0 Å². The van der Waals surface area contributed by atoms with Gasteiger partial charge in [-0.05, 0) is 31.0 Å². The number of rotatable bonds is 7. The van der Waals surface area contributed by atoms with Crippen molar-refractivity contribution in [3.63, 3.8) is 0 Å². The standard InChI is InChI=1S/C15H21NO3/c1-3-4-5-6-7-14(17)16-12-9-8-11(2)13(10-12)15(18)19/h8-10H,3-7H2,1-2H3,(H,16,17)(H,18,19). The highest BCUT2D eigenvalue weighted by Gasteiger charge is 2.09. The molecule has 0 unspecified atom stereocenters. The molecule has 4 nitrogen and oxygen atoms in total. The second kappa shape index (κ2) is 7.56. The summed E-state index contributed by atoms with van der Waals surface area (Å²) in [5, 5.41) is 11.8. The van der Waals surface area contributed by atoms with Gasteiger partial charge in [0.15, 0.2) is 0 Å². The van der Waals surface area contributed by atoms with Gasteiger partial charge in [0.25, 0.3) is 0 Å². The van der Waals surface area contributed by atoms with Gasteiger partial charge in [-0.25, -0.2) is 4.79 Å². The van der Waals surface area contributed by atoms with Gasteiger partial charge in [-0.15, -0.1) is 0 Å². The van der Waals surface area contributed by atoms with Gasteiger partial charge in [-0.1, -0.05) is 32.3 Å². The van der Waals surface area contributed by atoms with E-state index in [0.717, 1.165) is 25.7 Å². The van der Waals surface area contributed by atoms with Crippen molar-refractivity contribution in [3.8, 4) is 0 Å². The third-order valence-corrected chi connectivity index (χ3v) is 3.01. The molecule has 0 fully saturated rings. The number of carboxylic acid groups (broad SMARTS) is 1. The number of amides is 1. The van der Waals surface area contributed by atoms with Crippen LogP contribution in [0.15, 0.2) is 18.2 Å². The lowest BCUT2D eigenvalue weighted by atomic mass is 10.1. The number of nitrogens with one attached hydrogen (secondary N) is 1. The average molecular weight is 263 g/mol. The summed E-state index contributed by atoms with van der Waals surface area (Å²) >= 11 is 0. The van der Waals surface area contributed by atoms with E-state index >= 15 is 0 Å². The van der Waals surface area contributed by atoms with Gasteiger partial charge >= 0.3 is 5.97 Å². The molecule has 104 valence electrons. The van der Waals surface area contributed by atoms with E-state index in [0.29, 0.717) is 17.7 Å². The van der Waals surface area contributed by atoms with Gasteiger partial charge in [0, 0.05) is 12.1 Å². The second-order valence-electron chi connectivity index (χ2n) is 4.69. The predicted molar refractivity (Wildman–Crippen MR) is 75.5 cm³/mol. The first-order chi connectivity index (χ1) is 9.04. The minimum absolute atomic E-state index is 0.0590. The van der Waals surface area contributed by atoms with Crippen LogP contribution in [0.1, 0.15) is 54.9 Å². The summed E-state index contributed by atoms with van der Waals surface area (Å²) in [5.41, 5.74) is 1.46. The fraction of sp³-hybridized carbons (Fsp3) is 0.467. The van der Waals surface area contributed by atoms with Crippen LogP contribution in [-0.4, -0.2) is 17.0 Å². The molecule has 0 saturated heterocycles. The van der Waals surface area contributed by atoms with Crippen molar-refractivity contribution in [2.24, 2.45) is 0 Å². The van der Waals surface area contributed by atoms with E-state index in [2.05, 4.69) is 12.2 Å². The highest BCUT2D eigenvalue weighted by molar-refractivity contribution is 5.94. The van der Waals surface area contributed by atoms with Gasteiger partial charge in [-0.3, -0.25) is 4.79 Å². The fourth-order valence-electron chi connectivity index (χ4n) is 1.87. The molecule has 0 radical (unpaired) electrons. The van der Waals surface area contributed by atoms with Crippen LogP contribution in [0.5, 0.6) is 0 Å². The highest BCUT2D eigenvalue weighted by atomic mass is 16.4. The van der Waals surface area contributed by atoms with Crippen molar-refractivity contribution in [1.82, 2.24) is 0 Å². The van der Waals surface area contributed by atoms with Gasteiger partial charge in [0.2, 0.25) is 5.91 Å². The molecule has 0 aliphatic rings. The Kier molecular flexibility index (Phi) is 6.06. The Morgan fingerprint density at radius 2 is 1.95 bits per heavy atom. The smallest absolute Gasteiger partial charge is 0.336 e. The van der Waals surface area contributed by atoms with Crippen molar-refractivity contribution in [2.75, 3.05) is 5.32 Å². The number of aromatic carboxylic acids is 1. The van der Waals surface area contributed by atoms with Gasteiger partial charge in [0.1, 0.15) is 0 Å². The molecule has 0 aliphatic carbocycles. The molecule has 2 N–H and O–H groups in total. The molecule has 0 spiro atoms. The Morgan fingerprint density at radius 1 is 1.21 bits per heavy atom. The topological polar surface area (TPSA) is 66.4 Å². The van der Waals surface area contributed by atoms with E-state index in [4.69, 9.17) is 5.11 Å². The maximum atomic E-state index is 11.7. The summed E-state index contributed by atoms with van der Waals surface area (Å²) < 4.78 is 0.